The Kier molecular flexibility index (Phi) is 1.86. The van der Waals surface area contributed by atoms with Crippen molar-refractivity contribution in [2.75, 3.05) is 16.8 Å². The number of anilines is 3. The van der Waals surface area contributed by atoms with Crippen molar-refractivity contribution in [3.8, 4) is 0 Å². The number of hydrogen-bond donors (Lipinski definition) is 3. The average Bonchev–Trinajstić information content (AvgIpc) is 1.85. The van der Waals surface area contributed by atoms with E-state index in [-0.39, 0.29) is 11.8 Å². The molecular weight excluding hydrogens is 146 g/mol. The SMILES string of the molecule is Nc1cc(NC=O)nc(N)n1. The van der Waals surface area contributed by atoms with E-state index in [1.54, 1.807) is 0 Å². The Hall–Kier alpha value is -1.85. The average molecular weight is 153 g/mol. The molecule has 0 aliphatic rings. The van der Waals surface area contributed by atoms with Gasteiger partial charge in [0.05, 0.1) is 0 Å². The molecule has 0 aliphatic heterocycles. The van der Waals surface area contributed by atoms with Gasteiger partial charge in [-0.05, 0) is 0 Å². The minimum atomic E-state index is 0.0364. The van der Waals surface area contributed by atoms with Gasteiger partial charge >= 0.3 is 0 Å². The molecule has 1 rings (SSSR count). The molecule has 1 aromatic heterocycles. The van der Waals surface area contributed by atoms with E-state index in [9.17, 15) is 4.79 Å². The van der Waals surface area contributed by atoms with E-state index in [0.717, 1.165) is 0 Å². The minimum absolute atomic E-state index is 0.0364. The quantitative estimate of drug-likeness (QED) is 0.482. The summed E-state index contributed by atoms with van der Waals surface area (Å²) in [5.41, 5.74) is 10.5. The Bertz CT molecular complexity index is 253. The van der Waals surface area contributed by atoms with Crippen LogP contribution >= 0.6 is 0 Å². The topological polar surface area (TPSA) is 107 Å². The highest BCUT2D eigenvalue weighted by atomic mass is 16.1. The summed E-state index contributed by atoms with van der Waals surface area (Å²) in [5, 5.41) is 2.30. The first-order chi connectivity index (χ1) is 5.22. The highest BCUT2D eigenvalue weighted by Crippen LogP contribution is 2.07. The highest BCUT2D eigenvalue weighted by Gasteiger charge is 1.96. The van der Waals surface area contributed by atoms with Crippen LogP contribution in [0.5, 0.6) is 0 Å². The normalized spacial score (nSPS) is 9.09. The van der Waals surface area contributed by atoms with Gasteiger partial charge in [-0.25, -0.2) is 0 Å². The van der Waals surface area contributed by atoms with Gasteiger partial charge in [-0.15, -0.1) is 0 Å². The van der Waals surface area contributed by atoms with Gasteiger partial charge in [0, 0.05) is 6.07 Å². The van der Waals surface area contributed by atoms with Gasteiger partial charge in [-0.1, -0.05) is 0 Å². The molecule has 0 unspecified atom stereocenters. The van der Waals surface area contributed by atoms with Crippen LogP contribution in [0.4, 0.5) is 17.6 Å². The second-order valence-corrected chi connectivity index (χ2v) is 1.80. The number of rotatable bonds is 2. The number of hydrogen-bond acceptors (Lipinski definition) is 5. The van der Waals surface area contributed by atoms with Crippen molar-refractivity contribution < 1.29 is 4.79 Å². The summed E-state index contributed by atoms with van der Waals surface area (Å²) in [5.74, 6) is 0.557. The lowest BCUT2D eigenvalue weighted by Crippen LogP contribution is -2.04. The van der Waals surface area contributed by atoms with Gasteiger partial charge in [0.2, 0.25) is 12.4 Å². The molecule has 0 aromatic carbocycles. The molecule has 0 saturated carbocycles. The van der Waals surface area contributed by atoms with Crippen LogP contribution in [-0.4, -0.2) is 16.4 Å². The Labute approximate surface area is 62.6 Å². The molecule has 0 bridgehead atoms. The standard InChI is InChI=1S/C5H7N5O/c6-3-1-4(8-2-11)10-5(7)9-3/h1-2H,(H5,6,7,8,9,10,11). The van der Waals surface area contributed by atoms with E-state index in [1.165, 1.54) is 6.07 Å². The van der Waals surface area contributed by atoms with Crippen LogP contribution in [0.3, 0.4) is 0 Å². The fourth-order valence-corrected chi connectivity index (χ4v) is 0.620. The molecule has 0 atom stereocenters. The van der Waals surface area contributed by atoms with E-state index < -0.39 is 0 Å². The third-order valence-electron chi connectivity index (χ3n) is 0.970. The molecule has 1 aromatic rings. The third-order valence-corrected chi connectivity index (χ3v) is 0.970. The molecule has 1 amide bonds. The molecule has 0 spiro atoms. The highest BCUT2D eigenvalue weighted by molar-refractivity contribution is 5.70. The largest absolute Gasteiger partial charge is 0.383 e. The van der Waals surface area contributed by atoms with Crippen molar-refractivity contribution in [2.24, 2.45) is 0 Å². The van der Waals surface area contributed by atoms with E-state index in [2.05, 4.69) is 15.3 Å². The van der Waals surface area contributed by atoms with E-state index in [1.807, 2.05) is 0 Å². The van der Waals surface area contributed by atoms with Crippen molar-refractivity contribution >= 4 is 24.0 Å². The molecule has 0 aliphatic carbocycles. The molecule has 6 nitrogen and oxygen atoms in total. The predicted molar refractivity (Wildman–Crippen MR) is 40.5 cm³/mol. The van der Waals surface area contributed by atoms with E-state index in [0.29, 0.717) is 12.2 Å². The lowest BCUT2D eigenvalue weighted by molar-refractivity contribution is -0.105. The number of nitrogens with zero attached hydrogens (tertiary/aromatic N) is 2. The first kappa shape index (κ1) is 7.26. The molecular formula is C5H7N5O. The van der Waals surface area contributed by atoms with Crippen LogP contribution in [0.15, 0.2) is 6.07 Å². The van der Waals surface area contributed by atoms with Crippen molar-refractivity contribution in [2.45, 2.75) is 0 Å². The number of amides is 1. The van der Waals surface area contributed by atoms with Gasteiger partial charge in [0.15, 0.2) is 0 Å². The first-order valence-corrected chi connectivity index (χ1v) is 2.82. The van der Waals surface area contributed by atoms with Crippen LogP contribution in [0, 0.1) is 0 Å². The summed E-state index contributed by atoms with van der Waals surface area (Å²) in [6.07, 6.45) is 0.487. The smallest absolute Gasteiger partial charge is 0.223 e. The number of carbonyl (C=O) groups excluding carboxylic acids is 1. The number of aromatic nitrogens is 2. The zero-order valence-corrected chi connectivity index (χ0v) is 5.61. The monoisotopic (exact) mass is 153 g/mol. The summed E-state index contributed by atoms with van der Waals surface area (Å²) in [7, 11) is 0. The van der Waals surface area contributed by atoms with Crippen LogP contribution in [0.2, 0.25) is 0 Å². The Balaban J connectivity index is 2.98. The van der Waals surface area contributed by atoms with Gasteiger partial charge in [0.25, 0.3) is 0 Å². The molecule has 11 heavy (non-hydrogen) atoms. The van der Waals surface area contributed by atoms with Gasteiger partial charge in [0.1, 0.15) is 11.6 Å². The second-order valence-electron chi connectivity index (χ2n) is 1.80. The number of nitrogens with one attached hydrogen (secondary N) is 1. The van der Waals surface area contributed by atoms with Crippen LogP contribution < -0.4 is 16.8 Å². The predicted octanol–water partition coefficient (Wildman–Crippen LogP) is -0.791. The maximum absolute atomic E-state index is 9.94. The fourth-order valence-electron chi connectivity index (χ4n) is 0.620. The molecule has 1 heterocycles. The molecule has 0 fully saturated rings. The first-order valence-electron chi connectivity index (χ1n) is 2.82. The van der Waals surface area contributed by atoms with Crippen LogP contribution in [-0.2, 0) is 4.79 Å². The number of carbonyl (C=O) groups is 1. The summed E-state index contributed by atoms with van der Waals surface area (Å²) >= 11 is 0. The number of nitrogens with two attached hydrogens (primary N) is 2. The van der Waals surface area contributed by atoms with Crippen molar-refractivity contribution in [1.82, 2.24) is 9.97 Å². The zero-order chi connectivity index (χ0) is 8.27. The lowest BCUT2D eigenvalue weighted by Gasteiger charge is -1.99. The fraction of sp³-hybridized carbons (Fsp3) is 0. The van der Waals surface area contributed by atoms with Crippen molar-refractivity contribution in [1.29, 1.82) is 0 Å². The molecule has 0 radical (unpaired) electrons. The second kappa shape index (κ2) is 2.82. The summed E-state index contributed by atoms with van der Waals surface area (Å²) in [6.45, 7) is 0. The van der Waals surface area contributed by atoms with Gasteiger partial charge in [-0.3, -0.25) is 4.79 Å². The van der Waals surface area contributed by atoms with E-state index in [4.69, 9.17) is 11.5 Å². The summed E-state index contributed by atoms with van der Waals surface area (Å²) in [6, 6.07) is 1.41. The van der Waals surface area contributed by atoms with E-state index >= 15 is 0 Å². The summed E-state index contributed by atoms with van der Waals surface area (Å²) < 4.78 is 0. The number of nitrogen functional groups attached to an aromatic ring is 2. The molecule has 0 saturated heterocycles. The third kappa shape index (κ3) is 1.78. The summed E-state index contributed by atoms with van der Waals surface area (Å²) in [4.78, 5) is 17.2. The lowest BCUT2D eigenvalue weighted by atomic mass is 10.5. The Morgan fingerprint density at radius 1 is 1.45 bits per heavy atom. The van der Waals surface area contributed by atoms with Crippen molar-refractivity contribution in [3.63, 3.8) is 0 Å². The zero-order valence-electron chi connectivity index (χ0n) is 5.61. The molecule has 6 heteroatoms. The van der Waals surface area contributed by atoms with Gasteiger partial charge in [-0.2, -0.15) is 9.97 Å². The molecule has 58 valence electrons. The van der Waals surface area contributed by atoms with Gasteiger partial charge < -0.3 is 16.8 Å². The maximum Gasteiger partial charge on any atom is 0.223 e. The maximum atomic E-state index is 9.94. The minimum Gasteiger partial charge on any atom is -0.383 e. The van der Waals surface area contributed by atoms with Crippen LogP contribution in [0.25, 0.3) is 0 Å². The van der Waals surface area contributed by atoms with Crippen molar-refractivity contribution in [3.05, 3.63) is 6.07 Å². The molecule has 5 N–H and O–H groups in total. The van der Waals surface area contributed by atoms with Crippen LogP contribution in [0.1, 0.15) is 0 Å². The Morgan fingerprint density at radius 2 is 2.18 bits per heavy atom. The Morgan fingerprint density at radius 3 is 2.73 bits per heavy atom.